The predicted molar refractivity (Wildman–Crippen MR) is 357 cm³/mol. The maximum Gasteiger partial charge on any atom is 0.407 e. The number of hydrogen-bond acceptors (Lipinski definition) is 23. The van der Waals surface area contributed by atoms with Crippen molar-refractivity contribution in [1.29, 1.82) is 0 Å². The summed E-state index contributed by atoms with van der Waals surface area (Å²) in [6.45, 7) is 9.58. The van der Waals surface area contributed by atoms with Gasteiger partial charge in [0.05, 0.1) is 39.6 Å². The number of unbranched alkanes of at least 4 members (excludes halogenated alkanes) is 19. The average molecular weight is 1430 g/mol. The van der Waals surface area contributed by atoms with Gasteiger partial charge < -0.3 is 94.1 Å². The summed E-state index contributed by atoms with van der Waals surface area (Å²) >= 11 is 0. The summed E-state index contributed by atoms with van der Waals surface area (Å²) < 4.78 is 60.3. The number of urea groups is 2. The zero-order valence-electron chi connectivity index (χ0n) is 58.4. The molecule has 0 saturated carbocycles. The first kappa shape index (κ1) is 81.9. The Labute approximate surface area is 586 Å². The highest BCUT2D eigenvalue weighted by molar-refractivity contribution is 6.16. The number of alkyl carbamates (subject to hydrolysis) is 6. The van der Waals surface area contributed by atoms with Crippen LogP contribution >= 0.6 is 0 Å². The molecule has 13 amide bonds. The minimum absolute atomic E-state index is 0.0138. The molecule has 0 aromatic rings. The Morgan fingerprint density at radius 2 is 0.580 bits per heavy atom. The molecule has 0 spiro atoms. The van der Waals surface area contributed by atoms with Gasteiger partial charge in [0.1, 0.15) is 82.2 Å². The lowest BCUT2D eigenvalue weighted by molar-refractivity contribution is -0.149. The van der Waals surface area contributed by atoms with Gasteiger partial charge in [-0.05, 0) is 77.0 Å². The van der Waals surface area contributed by atoms with Crippen molar-refractivity contribution < 1.29 is 110 Å². The van der Waals surface area contributed by atoms with Crippen LogP contribution in [0.3, 0.4) is 0 Å². The maximum absolute atomic E-state index is 13.5. The second-order valence-corrected chi connectivity index (χ2v) is 25.9. The number of amides is 13. The lowest BCUT2D eigenvalue weighted by Crippen LogP contribution is -2.60. The van der Waals surface area contributed by atoms with Crippen LogP contribution in [0.4, 0.5) is 38.4 Å². The van der Waals surface area contributed by atoms with Crippen molar-refractivity contribution in [3.8, 4) is 0 Å². The molecule has 7 rings (SSSR count). The molecule has 33 nitrogen and oxygen atoms in total. The first-order valence-electron chi connectivity index (χ1n) is 36.6. The smallest absolute Gasteiger partial charge is 0.407 e. The SMILES string of the molecule is O=C(NCCCCCCC1C(=O)N(CCCCCCNC(=O)OCC2CO2)C(=O)N(CCCCCCNC(=O)OCC2CO2)C1=O)OCC1CO1.O=C(NCCCCCCCC(=O)N(CCCCCCNC(=O)OCC1CO1)C(=O)NCCCCCCNC(=O)OCC1CO1)OCC1CO1. The third kappa shape index (κ3) is 40.4. The van der Waals surface area contributed by atoms with Gasteiger partial charge in [0.2, 0.25) is 17.7 Å². The second-order valence-electron chi connectivity index (χ2n) is 25.9. The van der Waals surface area contributed by atoms with Crippen molar-refractivity contribution in [1.82, 2.24) is 51.9 Å². The zero-order valence-corrected chi connectivity index (χ0v) is 58.4. The molecule has 6 atom stereocenters. The fourth-order valence-corrected chi connectivity index (χ4v) is 10.3. The number of barbiturate groups is 1. The van der Waals surface area contributed by atoms with Crippen molar-refractivity contribution in [2.24, 2.45) is 5.92 Å². The van der Waals surface area contributed by atoms with E-state index in [4.69, 9.17) is 56.8 Å². The quantitative estimate of drug-likeness (QED) is 0.0154. The molecular formula is C67H112N10O23. The fourth-order valence-electron chi connectivity index (χ4n) is 10.3. The number of nitrogens with zero attached hydrogens (tertiary/aromatic N) is 3. The van der Waals surface area contributed by atoms with Gasteiger partial charge in [0, 0.05) is 71.9 Å². The number of hydrogen-bond donors (Lipinski definition) is 7. The summed E-state index contributed by atoms with van der Waals surface area (Å²) in [7, 11) is 0. The fraction of sp³-hybridized carbons (Fsp3) is 0.836. The van der Waals surface area contributed by atoms with E-state index in [0.29, 0.717) is 137 Å². The van der Waals surface area contributed by atoms with E-state index < -0.39 is 60.3 Å². The molecule has 100 heavy (non-hydrogen) atoms. The second kappa shape index (κ2) is 49.5. The van der Waals surface area contributed by atoms with E-state index in [1.165, 1.54) is 14.7 Å². The number of carbonyl (C=O) groups is 11. The highest BCUT2D eigenvalue weighted by Crippen LogP contribution is 2.25. The minimum atomic E-state index is -0.909. The highest BCUT2D eigenvalue weighted by Gasteiger charge is 2.45. The van der Waals surface area contributed by atoms with Crippen LogP contribution in [0, 0.1) is 5.92 Å². The molecular weight excluding hydrogens is 1310 g/mol. The Kier molecular flexibility index (Phi) is 40.5. The maximum atomic E-state index is 13.5. The molecule has 0 aromatic carbocycles. The first-order valence-corrected chi connectivity index (χ1v) is 36.6. The van der Waals surface area contributed by atoms with Crippen LogP contribution in [-0.2, 0) is 71.2 Å². The van der Waals surface area contributed by atoms with Crippen LogP contribution in [-0.4, -0.2) is 262 Å². The topological polar surface area (TPSA) is 412 Å². The molecule has 33 heteroatoms. The van der Waals surface area contributed by atoms with Crippen LogP contribution < -0.4 is 37.2 Å². The number of epoxide rings is 6. The molecule has 6 unspecified atom stereocenters. The van der Waals surface area contributed by atoms with E-state index in [1.807, 2.05) is 0 Å². The highest BCUT2D eigenvalue weighted by atomic mass is 16.6. The molecule has 0 aliphatic carbocycles. The van der Waals surface area contributed by atoms with Crippen molar-refractivity contribution in [2.45, 2.75) is 210 Å². The number of ether oxygens (including phenoxy) is 12. The Hall–Kier alpha value is -7.07. The molecule has 0 radical (unpaired) electrons. The third-order valence-corrected chi connectivity index (χ3v) is 16.9. The lowest BCUT2D eigenvalue weighted by Gasteiger charge is -2.37. The zero-order chi connectivity index (χ0) is 71.2. The van der Waals surface area contributed by atoms with Gasteiger partial charge in [0.25, 0.3) is 0 Å². The minimum Gasteiger partial charge on any atom is -0.447 e. The van der Waals surface area contributed by atoms with E-state index in [2.05, 4.69) is 37.2 Å². The summed E-state index contributed by atoms with van der Waals surface area (Å²) in [5.74, 6) is -1.98. The van der Waals surface area contributed by atoms with Gasteiger partial charge in [-0.1, -0.05) is 89.9 Å². The number of nitrogens with one attached hydrogen (secondary N) is 7. The Morgan fingerprint density at radius 3 is 0.880 bits per heavy atom. The molecule has 0 bridgehead atoms. The van der Waals surface area contributed by atoms with Crippen molar-refractivity contribution in [3.63, 3.8) is 0 Å². The molecule has 7 aliphatic rings. The molecule has 7 N–H and O–H groups in total. The van der Waals surface area contributed by atoms with Gasteiger partial charge in [-0.2, -0.15) is 0 Å². The normalized spacial score (nSPS) is 20.3. The summed E-state index contributed by atoms with van der Waals surface area (Å²) in [5, 5.41) is 19.2. The number of imide groups is 3. The van der Waals surface area contributed by atoms with Gasteiger partial charge in [-0.25, -0.2) is 38.4 Å². The van der Waals surface area contributed by atoms with E-state index in [1.54, 1.807) is 0 Å². The molecule has 7 heterocycles. The van der Waals surface area contributed by atoms with Crippen molar-refractivity contribution in [3.05, 3.63) is 0 Å². The van der Waals surface area contributed by atoms with Gasteiger partial charge >= 0.3 is 48.6 Å². The summed E-state index contributed by atoms with van der Waals surface area (Å²) in [5.41, 5.74) is 0. The molecule has 7 saturated heterocycles. The predicted octanol–water partition coefficient (Wildman–Crippen LogP) is 6.20. The standard InChI is InChI=1S/C34H55N5O12.C33H57N5O11/c40-29-28(13-7-1-2-8-14-35-31(42)49-22-25-19-46-25)30(41)39(18-12-6-4-10-16-37-33(44)51-24-27-21-48-27)34(45)38(29)17-11-5-3-9-15-36-32(43)50-23-26-20-47-26;39-29(14-8-2-1-3-10-16-35-31(41)47-23-26-20-44-26)38(19-13-7-6-12-18-37-33(43)49-25-28-22-46-28)30(40)34-15-9-4-5-11-17-36-32(42)48-24-27-21-45-27/h25-28H,1-24H2,(H,35,42)(H,36,43)(H,37,44);26-28H,1-25H2,(H,34,40)(H,35,41)(H,36,42)(H,37,43). The monoisotopic (exact) mass is 1420 g/mol. The molecule has 568 valence electrons. The van der Waals surface area contributed by atoms with Crippen molar-refractivity contribution in [2.75, 3.05) is 145 Å². The Morgan fingerprint density at radius 1 is 0.330 bits per heavy atom. The van der Waals surface area contributed by atoms with Crippen LogP contribution in [0.1, 0.15) is 173 Å². The van der Waals surface area contributed by atoms with Crippen LogP contribution in [0.5, 0.6) is 0 Å². The molecule has 7 fully saturated rings. The summed E-state index contributed by atoms with van der Waals surface area (Å²) in [6, 6.07) is -0.940. The van der Waals surface area contributed by atoms with Crippen LogP contribution in [0.2, 0.25) is 0 Å². The third-order valence-electron chi connectivity index (χ3n) is 16.9. The van der Waals surface area contributed by atoms with E-state index in [-0.39, 0.29) is 101 Å². The molecule has 0 aromatic heterocycles. The van der Waals surface area contributed by atoms with Gasteiger partial charge in [-0.15, -0.1) is 0 Å². The van der Waals surface area contributed by atoms with Gasteiger partial charge in [-0.3, -0.25) is 29.1 Å². The van der Waals surface area contributed by atoms with Crippen molar-refractivity contribution >= 4 is 66.3 Å². The summed E-state index contributed by atoms with van der Waals surface area (Å²) in [4.78, 5) is 140. The first-order chi connectivity index (χ1) is 48.7. The molecule has 7 aliphatic heterocycles. The summed E-state index contributed by atoms with van der Waals surface area (Å²) in [6.07, 6.45) is 17.4. The average Bonchev–Trinajstić information content (AvgIpc) is 1.48. The van der Waals surface area contributed by atoms with Crippen LogP contribution in [0.25, 0.3) is 0 Å². The van der Waals surface area contributed by atoms with Gasteiger partial charge in [0.15, 0.2) is 0 Å². The Bertz CT molecular complexity index is 2250. The number of rotatable bonds is 55. The lowest BCUT2D eigenvalue weighted by atomic mass is 9.95. The van der Waals surface area contributed by atoms with E-state index >= 15 is 0 Å². The number of carbonyl (C=O) groups excluding carboxylic acids is 11. The Balaban J connectivity index is 0.000000315. The van der Waals surface area contributed by atoms with E-state index in [0.717, 1.165) is 128 Å². The van der Waals surface area contributed by atoms with Crippen LogP contribution in [0.15, 0.2) is 0 Å². The van der Waals surface area contributed by atoms with E-state index in [9.17, 15) is 52.7 Å². The largest absolute Gasteiger partial charge is 0.447 e.